The Morgan fingerprint density at radius 1 is 1.09 bits per heavy atom. The summed E-state index contributed by atoms with van der Waals surface area (Å²) in [5.74, 6) is -2.91. The van der Waals surface area contributed by atoms with Crippen LogP contribution in [-0.2, 0) is 24.2 Å². The van der Waals surface area contributed by atoms with Crippen LogP contribution in [0.3, 0.4) is 0 Å². The van der Waals surface area contributed by atoms with E-state index in [1.54, 1.807) is 18.3 Å². The second-order valence-corrected chi connectivity index (χ2v) is 8.54. The minimum atomic E-state index is -1.32. The number of aromatic nitrogens is 2. The van der Waals surface area contributed by atoms with E-state index in [1.165, 1.54) is 23.5 Å². The molecule has 2 aromatic heterocycles. The number of carbonyl (C=O) groups is 3. The summed E-state index contributed by atoms with van der Waals surface area (Å²) in [6.07, 6.45) is 6.00. The molecule has 3 aromatic rings. The fraction of sp³-hybridized carbons (Fsp3) is 0.250. The number of rotatable bonds is 11. The molecule has 0 bridgehead atoms. The summed E-state index contributed by atoms with van der Waals surface area (Å²) in [6, 6.07) is 7.93. The average molecular weight is 469 g/mol. The van der Waals surface area contributed by atoms with Gasteiger partial charge in [-0.25, -0.2) is 19.4 Å². The van der Waals surface area contributed by atoms with Gasteiger partial charge in [-0.05, 0) is 41.6 Å². The molecule has 172 valence electrons. The first-order valence-corrected chi connectivity index (χ1v) is 11.3. The fourth-order valence-corrected chi connectivity index (χ4v) is 4.19. The lowest BCUT2D eigenvalue weighted by atomic mass is 10.0. The molecule has 2 heterocycles. The van der Waals surface area contributed by atoms with E-state index in [0.29, 0.717) is 17.7 Å². The van der Waals surface area contributed by atoms with Gasteiger partial charge in [-0.2, -0.15) is 0 Å². The number of aryl methyl sites for hydroxylation is 1. The van der Waals surface area contributed by atoms with E-state index in [1.807, 2.05) is 22.1 Å². The van der Waals surface area contributed by atoms with E-state index in [0.717, 1.165) is 23.5 Å². The highest BCUT2D eigenvalue weighted by atomic mass is 32.1. The molecule has 0 saturated heterocycles. The summed E-state index contributed by atoms with van der Waals surface area (Å²) in [6.45, 7) is 2.29. The number of benzene rings is 1. The van der Waals surface area contributed by atoms with E-state index < -0.39 is 17.9 Å². The van der Waals surface area contributed by atoms with Gasteiger partial charge in [0.2, 0.25) is 0 Å². The summed E-state index contributed by atoms with van der Waals surface area (Å²) >= 11 is 1.48. The standard InChI is InChI=1S/C24H24N2O6S/c1-2-3-6-21-25-13-17(11-16(22(27)28)12-18-5-4-9-33-18)26(21)14-15-7-8-19(23(29)30)20(10-15)24(31)32/h4-5,7-11,13H,2-3,6,12,14H2,1H3,(H,27,28)(H,29,30)(H,31,32)/b16-11+. The monoisotopic (exact) mass is 468 g/mol. The number of hydrogen-bond acceptors (Lipinski definition) is 5. The van der Waals surface area contributed by atoms with Crippen LogP contribution in [0.4, 0.5) is 0 Å². The van der Waals surface area contributed by atoms with Crippen molar-refractivity contribution >= 4 is 35.3 Å². The van der Waals surface area contributed by atoms with E-state index in [4.69, 9.17) is 0 Å². The van der Waals surface area contributed by atoms with E-state index >= 15 is 0 Å². The first-order chi connectivity index (χ1) is 15.8. The Kier molecular flexibility index (Phi) is 7.78. The minimum Gasteiger partial charge on any atom is -0.478 e. The molecule has 0 aliphatic carbocycles. The van der Waals surface area contributed by atoms with Crippen LogP contribution in [0.5, 0.6) is 0 Å². The summed E-state index contributed by atoms with van der Waals surface area (Å²) in [5, 5.41) is 30.3. The molecule has 0 unspecified atom stereocenters. The molecular weight excluding hydrogens is 444 g/mol. The third kappa shape index (κ3) is 5.95. The van der Waals surface area contributed by atoms with Gasteiger partial charge in [0.1, 0.15) is 5.82 Å². The predicted molar refractivity (Wildman–Crippen MR) is 124 cm³/mol. The molecule has 0 aliphatic rings. The van der Waals surface area contributed by atoms with Gasteiger partial charge in [0, 0.05) is 29.8 Å². The summed E-state index contributed by atoms with van der Waals surface area (Å²) < 4.78 is 1.86. The van der Waals surface area contributed by atoms with Crippen LogP contribution < -0.4 is 0 Å². The molecule has 9 heteroatoms. The minimum absolute atomic E-state index is 0.216. The Morgan fingerprint density at radius 2 is 1.85 bits per heavy atom. The molecule has 0 spiro atoms. The van der Waals surface area contributed by atoms with Crippen molar-refractivity contribution in [1.82, 2.24) is 9.55 Å². The second kappa shape index (κ2) is 10.7. The highest BCUT2D eigenvalue weighted by Gasteiger charge is 2.18. The Morgan fingerprint density at radius 3 is 2.45 bits per heavy atom. The van der Waals surface area contributed by atoms with Crippen molar-refractivity contribution < 1.29 is 29.7 Å². The number of imidazole rings is 1. The molecule has 0 atom stereocenters. The molecular formula is C24H24N2O6S. The molecule has 0 fully saturated rings. The number of nitrogens with zero attached hydrogens (tertiary/aromatic N) is 2. The number of carboxylic acids is 3. The number of thiophene rings is 1. The molecule has 0 saturated carbocycles. The zero-order valence-electron chi connectivity index (χ0n) is 18.0. The van der Waals surface area contributed by atoms with Crippen LogP contribution in [-0.4, -0.2) is 42.8 Å². The van der Waals surface area contributed by atoms with Crippen LogP contribution in [0.1, 0.15) is 62.4 Å². The van der Waals surface area contributed by atoms with Crippen LogP contribution in [0, 0.1) is 0 Å². The Hall–Kier alpha value is -3.72. The molecule has 3 N–H and O–H groups in total. The maximum atomic E-state index is 11.9. The molecule has 33 heavy (non-hydrogen) atoms. The van der Waals surface area contributed by atoms with Crippen LogP contribution >= 0.6 is 11.3 Å². The smallest absolute Gasteiger partial charge is 0.336 e. The predicted octanol–water partition coefficient (Wildman–Crippen LogP) is 4.44. The molecule has 3 rings (SSSR count). The summed E-state index contributed by atoms with van der Waals surface area (Å²) in [7, 11) is 0. The molecule has 8 nitrogen and oxygen atoms in total. The van der Waals surface area contributed by atoms with Crippen molar-refractivity contribution in [1.29, 1.82) is 0 Å². The average Bonchev–Trinajstić information content (AvgIpc) is 3.42. The Bertz CT molecular complexity index is 1190. The van der Waals surface area contributed by atoms with Crippen LogP contribution in [0.15, 0.2) is 47.5 Å². The first kappa shape index (κ1) is 23.9. The SMILES string of the molecule is CCCCc1ncc(/C=C(\Cc2cccs2)C(=O)O)n1Cc1ccc(C(=O)O)c(C(=O)O)c1. The van der Waals surface area contributed by atoms with Gasteiger partial charge in [0.25, 0.3) is 0 Å². The lowest BCUT2D eigenvalue weighted by Crippen LogP contribution is -2.12. The zero-order valence-corrected chi connectivity index (χ0v) is 18.8. The van der Waals surface area contributed by atoms with Gasteiger partial charge < -0.3 is 19.9 Å². The summed E-state index contributed by atoms with van der Waals surface area (Å²) in [5.41, 5.74) is 0.809. The fourth-order valence-electron chi connectivity index (χ4n) is 3.46. The maximum Gasteiger partial charge on any atom is 0.336 e. The first-order valence-electron chi connectivity index (χ1n) is 10.4. The Balaban J connectivity index is 2.02. The molecule has 0 radical (unpaired) electrons. The van der Waals surface area contributed by atoms with E-state index in [-0.39, 0.29) is 29.7 Å². The van der Waals surface area contributed by atoms with Crippen LogP contribution in [0.25, 0.3) is 6.08 Å². The van der Waals surface area contributed by atoms with Gasteiger partial charge in [0.05, 0.1) is 23.0 Å². The van der Waals surface area contributed by atoms with Crippen molar-refractivity contribution in [2.24, 2.45) is 0 Å². The topological polar surface area (TPSA) is 130 Å². The third-order valence-electron chi connectivity index (χ3n) is 5.15. The van der Waals surface area contributed by atoms with Crippen molar-refractivity contribution in [3.8, 4) is 0 Å². The van der Waals surface area contributed by atoms with Crippen molar-refractivity contribution in [3.05, 3.63) is 80.6 Å². The van der Waals surface area contributed by atoms with Crippen molar-refractivity contribution in [3.63, 3.8) is 0 Å². The van der Waals surface area contributed by atoms with Gasteiger partial charge in [-0.15, -0.1) is 11.3 Å². The highest BCUT2D eigenvalue weighted by Crippen LogP contribution is 2.21. The van der Waals surface area contributed by atoms with Crippen LogP contribution in [0.2, 0.25) is 0 Å². The normalized spacial score (nSPS) is 11.5. The van der Waals surface area contributed by atoms with Gasteiger partial charge in [-0.3, -0.25) is 0 Å². The maximum absolute atomic E-state index is 11.9. The molecule has 1 aromatic carbocycles. The zero-order chi connectivity index (χ0) is 24.0. The molecule has 0 aliphatic heterocycles. The second-order valence-electron chi connectivity index (χ2n) is 7.51. The van der Waals surface area contributed by atoms with Gasteiger partial charge in [0.15, 0.2) is 0 Å². The molecule has 0 amide bonds. The van der Waals surface area contributed by atoms with Gasteiger partial charge >= 0.3 is 17.9 Å². The van der Waals surface area contributed by atoms with E-state index in [9.17, 15) is 29.7 Å². The quantitative estimate of drug-likeness (QED) is 0.355. The third-order valence-corrected chi connectivity index (χ3v) is 6.03. The van der Waals surface area contributed by atoms with E-state index in [2.05, 4.69) is 11.9 Å². The lowest BCUT2D eigenvalue weighted by molar-refractivity contribution is -0.132. The number of carboxylic acid groups (broad SMARTS) is 3. The number of aromatic carboxylic acids is 2. The number of aliphatic carboxylic acids is 1. The highest BCUT2D eigenvalue weighted by molar-refractivity contribution is 7.09. The number of hydrogen-bond donors (Lipinski definition) is 3. The van der Waals surface area contributed by atoms with Crippen molar-refractivity contribution in [2.75, 3.05) is 0 Å². The Labute approximate surface area is 194 Å². The van der Waals surface area contributed by atoms with Gasteiger partial charge in [-0.1, -0.05) is 25.5 Å². The largest absolute Gasteiger partial charge is 0.478 e. The summed E-state index contributed by atoms with van der Waals surface area (Å²) in [4.78, 5) is 40.2. The van der Waals surface area contributed by atoms with Crippen molar-refractivity contribution in [2.45, 2.75) is 39.2 Å². The number of unbranched alkanes of at least 4 members (excludes halogenated alkanes) is 1. The lowest BCUT2D eigenvalue weighted by Gasteiger charge is -2.13.